The Morgan fingerprint density at radius 1 is 1.33 bits per heavy atom. The molecule has 1 N–H and O–H groups in total. The standard InChI is InChI=1S/C21H26N4O5/c1-14-7-9-24(10-8-14)18-6-5-16(25(28)29)11-17(18)20(27)30-12-19(26)23-21(2,13-22)15-3-4-15/h5-6,11,14-15H,3-4,7-10,12H2,1-2H3,(H,23,26)/t21-/m0/s1. The first kappa shape index (κ1) is 21.6. The summed E-state index contributed by atoms with van der Waals surface area (Å²) < 4.78 is 5.16. The van der Waals surface area contributed by atoms with Crippen molar-refractivity contribution in [1.29, 1.82) is 5.26 Å². The lowest BCUT2D eigenvalue weighted by Gasteiger charge is -2.33. The molecule has 2 aliphatic rings. The molecule has 0 spiro atoms. The molecule has 1 aromatic carbocycles. The van der Waals surface area contributed by atoms with Crippen LogP contribution in [0.4, 0.5) is 11.4 Å². The number of carbonyl (C=O) groups is 2. The van der Waals surface area contributed by atoms with Crippen LogP contribution in [0.1, 0.15) is 49.9 Å². The summed E-state index contributed by atoms with van der Waals surface area (Å²) in [5.41, 5.74) is -0.564. The van der Waals surface area contributed by atoms with Crippen molar-refractivity contribution >= 4 is 23.3 Å². The van der Waals surface area contributed by atoms with Crippen LogP contribution in [0.5, 0.6) is 0 Å². The van der Waals surface area contributed by atoms with Crippen molar-refractivity contribution in [3.05, 3.63) is 33.9 Å². The number of carbonyl (C=O) groups excluding carboxylic acids is 2. The van der Waals surface area contributed by atoms with Gasteiger partial charge in [0, 0.05) is 25.2 Å². The molecule has 2 fully saturated rings. The van der Waals surface area contributed by atoms with Gasteiger partial charge in [0.1, 0.15) is 5.54 Å². The van der Waals surface area contributed by atoms with Gasteiger partial charge in [-0.1, -0.05) is 6.92 Å². The Morgan fingerprint density at radius 2 is 2.00 bits per heavy atom. The summed E-state index contributed by atoms with van der Waals surface area (Å²) >= 11 is 0. The summed E-state index contributed by atoms with van der Waals surface area (Å²) in [6.45, 7) is 4.74. The molecule has 9 nitrogen and oxygen atoms in total. The van der Waals surface area contributed by atoms with Crippen LogP contribution >= 0.6 is 0 Å². The summed E-state index contributed by atoms with van der Waals surface area (Å²) in [5.74, 6) is -0.683. The zero-order valence-electron chi connectivity index (χ0n) is 17.2. The van der Waals surface area contributed by atoms with Crippen molar-refractivity contribution in [2.75, 3.05) is 24.6 Å². The summed E-state index contributed by atoms with van der Waals surface area (Å²) in [7, 11) is 0. The monoisotopic (exact) mass is 414 g/mol. The van der Waals surface area contributed by atoms with E-state index in [1.165, 1.54) is 12.1 Å². The predicted molar refractivity (Wildman–Crippen MR) is 109 cm³/mol. The minimum atomic E-state index is -0.981. The Hall–Kier alpha value is -3.15. The van der Waals surface area contributed by atoms with E-state index in [4.69, 9.17) is 4.74 Å². The topological polar surface area (TPSA) is 126 Å². The smallest absolute Gasteiger partial charge is 0.341 e. The second-order valence-corrected chi connectivity index (χ2v) is 8.34. The fourth-order valence-electron chi connectivity index (χ4n) is 3.74. The second-order valence-electron chi connectivity index (χ2n) is 8.34. The SMILES string of the molecule is CC1CCN(c2ccc([N+](=O)[O-])cc2C(=O)OCC(=O)N[C@@](C)(C#N)C2CC2)CC1. The van der Waals surface area contributed by atoms with Crippen molar-refractivity contribution in [3.63, 3.8) is 0 Å². The van der Waals surface area contributed by atoms with Crippen LogP contribution in [-0.4, -0.2) is 42.0 Å². The number of nitro groups is 1. The van der Waals surface area contributed by atoms with Gasteiger partial charge in [-0.25, -0.2) is 4.79 Å². The Labute approximate surface area is 175 Å². The van der Waals surface area contributed by atoms with Crippen molar-refractivity contribution in [2.24, 2.45) is 11.8 Å². The fourth-order valence-corrected chi connectivity index (χ4v) is 3.74. The number of hydrogen-bond acceptors (Lipinski definition) is 7. The van der Waals surface area contributed by atoms with E-state index in [1.54, 1.807) is 13.0 Å². The van der Waals surface area contributed by atoms with E-state index in [0.29, 0.717) is 11.6 Å². The Kier molecular flexibility index (Phi) is 6.25. The number of rotatable bonds is 7. The average molecular weight is 414 g/mol. The van der Waals surface area contributed by atoms with Crippen molar-refractivity contribution < 1.29 is 19.2 Å². The summed E-state index contributed by atoms with van der Waals surface area (Å²) in [5, 5.41) is 23.1. The number of nitriles is 1. The maximum Gasteiger partial charge on any atom is 0.341 e. The van der Waals surface area contributed by atoms with Gasteiger partial charge in [0.25, 0.3) is 11.6 Å². The highest BCUT2D eigenvalue weighted by molar-refractivity contribution is 5.97. The van der Waals surface area contributed by atoms with Crippen molar-refractivity contribution in [2.45, 2.75) is 45.1 Å². The van der Waals surface area contributed by atoms with E-state index in [0.717, 1.165) is 38.8 Å². The van der Waals surface area contributed by atoms with Crippen LogP contribution in [-0.2, 0) is 9.53 Å². The third kappa shape index (κ3) is 4.87. The van der Waals surface area contributed by atoms with Gasteiger partial charge in [0.05, 0.1) is 22.2 Å². The van der Waals surface area contributed by atoms with E-state index in [-0.39, 0.29) is 17.2 Å². The molecule has 0 bridgehead atoms. The highest BCUT2D eigenvalue weighted by Crippen LogP contribution is 2.39. The molecule has 1 saturated carbocycles. The van der Waals surface area contributed by atoms with Crippen LogP contribution in [0.3, 0.4) is 0 Å². The first-order chi connectivity index (χ1) is 14.2. The molecule has 1 atom stereocenters. The lowest BCUT2D eigenvalue weighted by Crippen LogP contribution is -2.48. The van der Waals surface area contributed by atoms with Crippen LogP contribution in [0, 0.1) is 33.3 Å². The molecule has 9 heteroatoms. The molecule has 0 radical (unpaired) electrons. The third-order valence-electron chi connectivity index (χ3n) is 5.89. The summed E-state index contributed by atoms with van der Waals surface area (Å²) in [6, 6.07) is 6.23. The van der Waals surface area contributed by atoms with E-state index in [2.05, 4.69) is 18.3 Å². The zero-order valence-corrected chi connectivity index (χ0v) is 17.2. The summed E-state index contributed by atoms with van der Waals surface area (Å²) in [4.78, 5) is 37.6. The molecule has 1 aliphatic carbocycles. The minimum absolute atomic E-state index is 0.0665. The maximum atomic E-state index is 12.7. The van der Waals surface area contributed by atoms with Crippen LogP contribution in [0.15, 0.2) is 18.2 Å². The van der Waals surface area contributed by atoms with E-state index >= 15 is 0 Å². The van der Waals surface area contributed by atoms with Gasteiger partial charge in [-0.05, 0) is 50.5 Å². The predicted octanol–water partition coefficient (Wildman–Crippen LogP) is 2.80. The fraction of sp³-hybridized carbons (Fsp3) is 0.571. The van der Waals surface area contributed by atoms with Crippen LogP contribution in [0.25, 0.3) is 0 Å². The van der Waals surface area contributed by atoms with Crippen molar-refractivity contribution in [3.8, 4) is 6.07 Å². The van der Waals surface area contributed by atoms with Gasteiger partial charge in [-0.2, -0.15) is 5.26 Å². The number of nitrogens with one attached hydrogen (secondary N) is 1. The third-order valence-corrected chi connectivity index (χ3v) is 5.89. The van der Waals surface area contributed by atoms with Gasteiger partial charge in [-0.15, -0.1) is 0 Å². The van der Waals surface area contributed by atoms with Crippen LogP contribution in [0.2, 0.25) is 0 Å². The second kappa shape index (κ2) is 8.69. The number of ether oxygens (including phenoxy) is 1. The molecule has 1 saturated heterocycles. The number of non-ortho nitro benzene ring substituents is 1. The van der Waals surface area contributed by atoms with Gasteiger partial charge in [0.15, 0.2) is 6.61 Å². The Balaban J connectivity index is 1.71. The molecule has 1 aromatic rings. The number of anilines is 1. The molecule has 160 valence electrons. The highest BCUT2D eigenvalue weighted by atomic mass is 16.6. The Bertz CT molecular complexity index is 884. The average Bonchev–Trinajstić information content (AvgIpc) is 3.58. The first-order valence-electron chi connectivity index (χ1n) is 10.2. The highest BCUT2D eigenvalue weighted by Gasteiger charge is 2.43. The van der Waals surface area contributed by atoms with E-state index in [1.807, 2.05) is 4.90 Å². The zero-order chi connectivity index (χ0) is 21.9. The van der Waals surface area contributed by atoms with Gasteiger partial charge in [0.2, 0.25) is 0 Å². The lowest BCUT2D eigenvalue weighted by molar-refractivity contribution is -0.384. The normalized spacial score (nSPS) is 18.8. The number of amides is 1. The number of nitrogens with zero attached hydrogens (tertiary/aromatic N) is 3. The Morgan fingerprint density at radius 3 is 2.57 bits per heavy atom. The van der Waals surface area contributed by atoms with E-state index < -0.39 is 28.9 Å². The quantitative estimate of drug-likeness (QED) is 0.413. The number of piperidine rings is 1. The molecular formula is C21H26N4O5. The number of nitro benzene ring substituents is 1. The van der Waals surface area contributed by atoms with Gasteiger partial charge < -0.3 is 15.0 Å². The molecule has 1 aliphatic heterocycles. The first-order valence-corrected chi connectivity index (χ1v) is 10.2. The lowest BCUT2D eigenvalue weighted by atomic mass is 9.98. The summed E-state index contributed by atoms with van der Waals surface area (Å²) in [6.07, 6.45) is 3.66. The van der Waals surface area contributed by atoms with Gasteiger partial charge >= 0.3 is 5.97 Å². The van der Waals surface area contributed by atoms with Gasteiger partial charge in [-0.3, -0.25) is 14.9 Å². The molecule has 1 heterocycles. The largest absolute Gasteiger partial charge is 0.452 e. The molecule has 0 unspecified atom stereocenters. The molecular weight excluding hydrogens is 388 g/mol. The van der Waals surface area contributed by atoms with Crippen LogP contribution < -0.4 is 10.2 Å². The number of esters is 1. The number of benzene rings is 1. The molecule has 0 aromatic heterocycles. The molecule has 30 heavy (non-hydrogen) atoms. The molecule has 3 rings (SSSR count). The van der Waals surface area contributed by atoms with Crippen molar-refractivity contribution in [1.82, 2.24) is 5.32 Å². The molecule has 1 amide bonds. The number of hydrogen-bond donors (Lipinski definition) is 1. The minimum Gasteiger partial charge on any atom is -0.452 e. The maximum absolute atomic E-state index is 12.7. The van der Waals surface area contributed by atoms with E-state index in [9.17, 15) is 25.0 Å².